The Morgan fingerprint density at radius 3 is 2.39 bits per heavy atom. The highest BCUT2D eigenvalue weighted by atomic mass is 16.5. The molecular weight excluding hydrogens is 236 g/mol. The Morgan fingerprint density at radius 2 is 1.94 bits per heavy atom. The highest BCUT2D eigenvalue weighted by molar-refractivity contribution is 5.85. The van der Waals surface area contributed by atoms with Gasteiger partial charge in [0.1, 0.15) is 6.54 Å². The Morgan fingerprint density at radius 1 is 1.33 bits per heavy atom. The van der Waals surface area contributed by atoms with Crippen molar-refractivity contribution in [3.05, 3.63) is 0 Å². The molecule has 1 atom stereocenters. The van der Waals surface area contributed by atoms with E-state index >= 15 is 0 Å². The van der Waals surface area contributed by atoms with Gasteiger partial charge in [-0.25, -0.2) is 0 Å². The van der Waals surface area contributed by atoms with E-state index in [0.29, 0.717) is 6.10 Å². The van der Waals surface area contributed by atoms with Gasteiger partial charge >= 0.3 is 5.97 Å². The molecule has 0 bridgehead atoms. The molecule has 1 amide bonds. The largest absolute Gasteiger partial charge is 0.480 e. The molecule has 0 unspecified atom stereocenters. The quantitative estimate of drug-likeness (QED) is 0.623. The summed E-state index contributed by atoms with van der Waals surface area (Å²) in [7, 11) is 3.44. The summed E-state index contributed by atoms with van der Waals surface area (Å²) < 4.78 is 5.29. The summed E-state index contributed by atoms with van der Waals surface area (Å²) in [6.07, 6.45) is 4.03. The van der Waals surface area contributed by atoms with E-state index in [2.05, 4.69) is 10.6 Å². The smallest absolute Gasteiger partial charge is 0.322 e. The first-order chi connectivity index (χ1) is 8.58. The summed E-state index contributed by atoms with van der Waals surface area (Å²) in [6.45, 7) is -0.329. The van der Waals surface area contributed by atoms with Crippen LogP contribution in [0, 0.1) is 5.92 Å². The van der Waals surface area contributed by atoms with E-state index in [1.54, 1.807) is 14.2 Å². The Hall–Kier alpha value is -1.14. The maximum atomic E-state index is 11.9. The van der Waals surface area contributed by atoms with Gasteiger partial charge in [0.2, 0.25) is 5.91 Å². The zero-order valence-corrected chi connectivity index (χ0v) is 10.9. The van der Waals surface area contributed by atoms with Gasteiger partial charge in [-0.1, -0.05) is 0 Å². The number of nitrogens with one attached hydrogen (secondary N) is 2. The van der Waals surface area contributed by atoms with Crippen LogP contribution in [-0.2, 0) is 14.3 Å². The maximum Gasteiger partial charge on any atom is 0.322 e. The predicted octanol–water partition coefficient (Wildman–Crippen LogP) is -0.0196. The molecule has 0 heterocycles. The lowest BCUT2D eigenvalue weighted by molar-refractivity contribution is -0.138. The van der Waals surface area contributed by atoms with Crippen molar-refractivity contribution in [2.24, 2.45) is 5.92 Å². The van der Waals surface area contributed by atoms with Crippen LogP contribution in [0.3, 0.4) is 0 Å². The molecule has 104 valence electrons. The van der Waals surface area contributed by atoms with Gasteiger partial charge in [0.15, 0.2) is 0 Å². The Kier molecular flexibility index (Phi) is 6.07. The summed E-state index contributed by atoms with van der Waals surface area (Å²) in [6, 6.07) is -0.317. The molecule has 0 aliphatic heterocycles. The van der Waals surface area contributed by atoms with E-state index in [0.717, 1.165) is 25.7 Å². The van der Waals surface area contributed by atoms with Gasteiger partial charge < -0.3 is 20.5 Å². The van der Waals surface area contributed by atoms with E-state index in [1.807, 2.05) is 0 Å². The van der Waals surface area contributed by atoms with Crippen molar-refractivity contribution in [3.63, 3.8) is 0 Å². The molecule has 1 rings (SSSR count). The Bertz CT molecular complexity index is 288. The minimum Gasteiger partial charge on any atom is -0.480 e. The van der Waals surface area contributed by atoms with Crippen molar-refractivity contribution >= 4 is 11.9 Å². The maximum absolute atomic E-state index is 11.9. The first-order valence-corrected chi connectivity index (χ1v) is 6.28. The van der Waals surface area contributed by atoms with E-state index in [9.17, 15) is 9.59 Å². The Labute approximate surface area is 107 Å². The third-order valence-electron chi connectivity index (χ3n) is 3.53. The van der Waals surface area contributed by atoms with Crippen molar-refractivity contribution in [3.8, 4) is 0 Å². The van der Waals surface area contributed by atoms with Crippen LogP contribution in [0.1, 0.15) is 25.7 Å². The number of methoxy groups -OCH3 is 1. The molecule has 6 nitrogen and oxygen atoms in total. The number of carboxylic acids is 1. The number of amides is 1. The molecule has 0 radical (unpaired) electrons. The lowest BCUT2D eigenvalue weighted by Gasteiger charge is -2.32. The lowest BCUT2D eigenvalue weighted by atomic mass is 9.82. The van der Waals surface area contributed by atoms with Crippen LogP contribution >= 0.6 is 0 Å². The van der Waals surface area contributed by atoms with Crippen LogP contribution in [0.2, 0.25) is 0 Å². The molecule has 1 saturated carbocycles. The van der Waals surface area contributed by atoms with Gasteiger partial charge in [-0.3, -0.25) is 9.59 Å². The minimum absolute atomic E-state index is 0.235. The highest BCUT2D eigenvalue weighted by Crippen LogP contribution is 2.28. The van der Waals surface area contributed by atoms with Crippen molar-refractivity contribution < 1.29 is 19.4 Å². The molecule has 1 aliphatic rings. The summed E-state index contributed by atoms with van der Waals surface area (Å²) in [4.78, 5) is 22.3. The molecule has 0 saturated heterocycles. The number of hydrogen-bond donors (Lipinski definition) is 3. The van der Waals surface area contributed by atoms with Crippen molar-refractivity contribution in [2.45, 2.75) is 37.8 Å². The topological polar surface area (TPSA) is 87.7 Å². The normalized spacial score (nSPS) is 25.4. The third-order valence-corrected chi connectivity index (χ3v) is 3.53. The number of rotatable bonds is 6. The molecule has 3 N–H and O–H groups in total. The molecule has 0 aromatic rings. The first kappa shape index (κ1) is 14.9. The number of likely N-dealkylation sites (N-methyl/N-ethyl adjacent to an activating group) is 1. The third kappa shape index (κ3) is 4.27. The van der Waals surface area contributed by atoms with Gasteiger partial charge in [0.05, 0.1) is 12.1 Å². The average Bonchev–Trinajstić information content (AvgIpc) is 2.38. The number of ether oxygens (including phenoxy) is 1. The number of carbonyl (C=O) groups excluding carboxylic acids is 1. The second-order valence-corrected chi connectivity index (χ2v) is 4.65. The average molecular weight is 258 g/mol. The Balaban J connectivity index is 2.45. The van der Waals surface area contributed by atoms with Crippen LogP contribution in [0.15, 0.2) is 0 Å². The molecule has 0 aromatic carbocycles. The predicted molar refractivity (Wildman–Crippen MR) is 66.2 cm³/mol. The molecule has 0 aromatic heterocycles. The van der Waals surface area contributed by atoms with E-state index in [4.69, 9.17) is 9.84 Å². The number of carbonyl (C=O) groups is 2. The van der Waals surface area contributed by atoms with Crippen molar-refractivity contribution in [1.82, 2.24) is 10.6 Å². The van der Waals surface area contributed by atoms with Crippen LogP contribution in [0.25, 0.3) is 0 Å². The number of hydrogen-bond acceptors (Lipinski definition) is 4. The molecule has 0 spiro atoms. The summed E-state index contributed by atoms with van der Waals surface area (Å²) >= 11 is 0. The molecule has 1 fully saturated rings. The fraction of sp³-hybridized carbons (Fsp3) is 0.833. The molecular formula is C12H22N2O4. The van der Waals surface area contributed by atoms with Crippen LogP contribution in [0.4, 0.5) is 0 Å². The summed E-state index contributed by atoms with van der Waals surface area (Å²) in [5.74, 6) is -1.02. The molecule has 6 heteroatoms. The van der Waals surface area contributed by atoms with Crippen LogP contribution in [-0.4, -0.2) is 49.8 Å². The molecule has 1 aliphatic carbocycles. The van der Waals surface area contributed by atoms with Crippen LogP contribution < -0.4 is 10.6 Å². The van der Waals surface area contributed by atoms with E-state index < -0.39 is 5.97 Å². The SMILES string of the molecule is CN[C@H](C(=O)NCC(=O)O)C1CCC(OC)CC1. The second kappa shape index (κ2) is 7.33. The number of aliphatic carboxylic acids is 1. The lowest BCUT2D eigenvalue weighted by Crippen LogP contribution is -2.49. The van der Waals surface area contributed by atoms with Gasteiger partial charge in [0, 0.05) is 7.11 Å². The fourth-order valence-corrected chi connectivity index (χ4v) is 2.51. The molecule has 18 heavy (non-hydrogen) atoms. The second-order valence-electron chi connectivity index (χ2n) is 4.65. The van der Waals surface area contributed by atoms with E-state index in [-0.39, 0.29) is 24.4 Å². The van der Waals surface area contributed by atoms with Crippen molar-refractivity contribution in [1.29, 1.82) is 0 Å². The van der Waals surface area contributed by atoms with Gasteiger partial charge in [-0.15, -0.1) is 0 Å². The number of carboxylic acid groups (broad SMARTS) is 1. The highest BCUT2D eigenvalue weighted by Gasteiger charge is 2.31. The zero-order valence-electron chi connectivity index (χ0n) is 10.9. The summed E-state index contributed by atoms with van der Waals surface area (Å²) in [5.41, 5.74) is 0. The van der Waals surface area contributed by atoms with Gasteiger partial charge in [-0.05, 0) is 38.6 Å². The minimum atomic E-state index is -1.03. The monoisotopic (exact) mass is 258 g/mol. The first-order valence-electron chi connectivity index (χ1n) is 6.28. The summed E-state index contributed by atoms with van der Waals surface area (Å²) in [5, 5.41) is 13.9. The van der Waals surface area contributed by atoms with Gasteiger partial charge in [0.25, 0.3) is 0 Å². The van der Waals surface area contributed by atoms with Crippen LogP contribution in [0.5, 0.6) is 0 Å². The standard InChI is InChI=1S/C12H22N2O4/c1-13-11(12(17)14-7-10(15)16)8-3-5-9(18-2)6-4-8/h8-9,11,13H,3-7H2,1-2H3,(H,14,17)(H,15,16)/t8?,9?,11-/m0/s1. The fourth-order valence-electron chi connectivity index (χ4n) is 2.51. The van der Waals surface area contributed by atoms with Crippen molar-refractivity contribution in [2.75, 3.05) is 20.7 Å². The van der Waals surface area contributed by atoms with E-state index in [1.165, 1.54) is 0 Å². The zero-order chi connectivity index (χ0) is 13.5. The van der Waals surface area contributed by atoms with Gasteiger partial charge in [-0.2, -0.15) is 0 Å².